The number of benzene rings is 1. The Kier molecular flexibility index (Phi) is 5.90. The fourth-order valence-corrected chi connectivity index (χ4v) is 5.51. The molecule has 0 saturated carbocycles. The van der Waals surface area contributed by atoms with Crippen LogP contribution in [0.4, 0.5) is 0 Å². The first-order chi connectivity index (χ1) is 12.8. The molecule has 2 aliphatic rings. The van der Waals surface area contributed by atoms with Crippen LogP contribution in [0.15, 0.2) is 24.3 Å². The lowest BCUT2D eigenvalue weighted by molar-refractivity contribution is -0.132. The third-order valence-corrected chi connectivity index (χ3v) is 7.33. The molecule has 0 N–H and O–H groups in total. The van der Waals surface area contributed by atoms with Gasteiger partial charge in [-0.3, -0.25) is 9.59 Å². The van der Waals surface area contributed by atoms with Gasteiger partial charge in [0.1, 0.15) is 0 Å². The number of amides is 2. The molecule has 2 amide bonds. The Morgan fingerprint density at radius 1 is 1.07 bits per heavy atom. The van der Waals surface area contributed by atoms with Gasteiger partial charge < -0.3 is 9.80 Å². The lowest BCUT2D eigenvalue weighted by Gasteiger charge is -2.44. The molecule has 1 aromatic carbocycles. The summed E-state index contributed by atoms with van der Waals surface area (Å²) >= 11 is 1.90. The summed E-state index contributed by atoms with van der Waals surface area (Å²) in [5.74, 6) is 1.37. The second kappa shape index (κ2) is 7.86. The van der Waals surface area contributed by atoms with Gasteiger partial charge in [0, 0.05) is 37.4 Å². The van der Waals surface area contributed by atoms with Gasteiger partial charge in [-0.05, 0) is 42.4 Å². The fraction of sp³-hybridized carbons (Fsp3) is 0.636. The van der Waals surface area contributed by atoms with E-state index in [0.717, 1.165) is 50.2 Å². The van der Waals surface area contributed by atoms with Crippen LogP contribution >= 0.6 is 11.8 Å². The standard InChI is InChI=1S/C22H32N2O2S/c1-5-6-19(25)23-13-11-22(12-14-23)24(15-16-27-22)20(26)17-7-9-18(10-8-17)21(2,3)4/h7-10H,5-6,11-16H2,1-4H3. The molecule has 0 unspecified atom stereocenters. The monoisotopic (exact) mass is 388 g/mol. The third-order valence-electron chi connectivity index (χ3n) is 5.78. The predicted molar refractivity (Wildman–Crippen MR) is 112 cm³/mol. The summed E-state index contributed by atoms with van der Waals surface area (Å²) in [6.07, 6.45) is 3.27. The first-order valence-corrected chi connectivity index (χ1v) is 11.1. The second-order valence-corrected chi connectivity index (χ2v) is 10.2. The van der Waals surface area contributed by atoms with Crippen molar-refractivity contribution in [3.63, 3.8) is 0 Å². The SMILES string of the molecule is CCCC(=O)N1CCC2(CC1)SCCN2C(=O)c1ccc(C(C)(C)C)cc1. The Morgan fingerprint density at radius 2 is 1.70 bits per heavy atom. The van der Waals surface area contributed by atoms with Crippen molar-refractivity contribution in [1.29, 1.82) is 0 Å². The van der Waals surface area contributed by atoms with Crippen molar-refractivity contribution in [2.24, 2.45) is 0 Å². The molecule has 0 bridgehead atoms. The van der Waals surface area contributed by atoms with Gasteiger partial charge in [-0.15, -0.1) is 11.8 Å². The van der Waals surface area contributed by atoms with Gasteiger partial charge in [-0.1, -0.05) is 39.8 Å². The minimum Gasteiger partial charge on any atom is -0.342 e. The highest BCUT2D eigenvalue weighted by Gasteiger charge is 2.46. The lowest BCUT2D eigenvalue weighted by atomic mass is 9.86. The molecule has 2 saturated heterocycles. The number of nitrogens with zero attached hydrogens (tertiary/aromatic N) is 2. The Balaban J connectivity index is 1.71. The molecule has 2 heterocycles. The maximum atomic E-state index is 13.2. The van der Waals surface area contributed by atoms with Crippen molar-refractivity contribution in [3.05, 3.63) is 35.4 Å². The Labute approximate surface area is 167 Å². The van der Waals surface area contributed by atoms with Crippen LogP contribution in [-0.2, 0) is 10.2 Å². The fourth-order valence-electron chi connectivity index (χ4n) is 4.06. The van der Waals surface area contributed by atoms with Crippen LogP contribution in [0.1, 0.15) is 69.3 Å². The van der Waals surface area contributed by atoms with Gasteiger partial charge >= 0.3 is 0 Å². The van der Waals surface area contributed by atoms with E-state index in [1.807, 2.05) is 35.7 Å². The first-order valence-electron chi connectivity index (χ1n) is 10.1. The summed E-state index contributed by atoms with van der Waals surface area (Å²) in [6, 6.07) is 8.10. The molecule has 4 nitrogen and oxygen atoms in total. The van der Waals surface area contributed by atoms with Crippen molar-refractivity contribution in [3.8, 4) is 0 Å². The quantitative estimate of drug-likeness (QED) is 0.775. The second-order valence-electron chi connectivity index (χ2n) is 8.71. The summed E-state index contributed by atoms with van der Waals surface area (Å²) in [4.78, 5) is 29.3. The van der Waals surface area contributed by atoms with Gasteiger partial charge in [-0.25, -0.2) is 0 Å². The van der Waals surface area contributed by atoms with E-state index in [-0.39, 0.29) is 22.1 Å². The number of rotatable bonds is 3. The molecule has 5 heteroatoms. The van der Waals surface area contributed by atoms with E-state index in [1.54, 1.807) is 0 Å². The molecule has 3 rings (SSSR count). The van der Waals surface area contributed by atoms with Crippen LogP contribution in [0.2, 0.25) is 0 Å². The number of carbonyl (C=O) groups is 2. The Bertz CT molecular complexity index is 685. The van der Waals surface area contributed by atoms with Gasteiger partial charge in [0.2, 0.25) is 5.91 Å². The van der Waals surface area contributed by atoms with Crippen LogP contribution < -0.4 is 0 Å². The predicted octanol–water partition coefficient (Wildman–Crippen LogP) is 4.29. The van der Waals surface area contributed by atoms with E-state index < -0.39 is 0 Å². The van der Waals surface area contributed by atoms with Crippen LogP contribution in [0, 0.1) is 0 Å². The Morgan fingerprint density at radius 3 is 2.26 bits per heavy atom. The van der Waals surface area contributed by atoms with Crippen molar-refractivity contribution < 1.29 is 9.59 Å². The van der Waals surface area contributed by atoms with E-state index >= 15 is 0 Å². The third kappa shape index (κ3) is 4.18. The number of carbonyl (C=O) groups excluding carboxylic acids is 2. The average Bonchev–Trinajstić information content (AvgIpc) is 3.04. The highest BCUT2D eigenvalue weighted by molar-refractivity contribution is 8.00. The van der Waals surface area contributed by atoms with Crippen molar-refractivity contribution in [2.75, 3.05) is 25.4 Å². The zero-order valence-corrected chi connectivity index (χ0v) is 17.9. The molecule has 2 fully saturated rings. The number of hydrogen-bond donors (Lipinski definition) is 0. The van der Waals surface area contributed by atoms with Crippen molar-refractivity contribution in [1.82, 2.24) is 9.80 Å². The summed E-state index contributed by atoms with van der Waals surface area (Å²) in [6.45, 7) is 10.9. The molecular weight excluding hydrogens is 356 g/mol. The summed E-state index contributed by atoms with van der Waals surface area (Å²) in [5, 5.41) is 0. The molecule has 1 spiro atoms. The van der Waals surface area contributed by atoms with Gasteiger partial charge in [0.05, 0.1) is 4.87 Å². The van der Waals surface area contributed by atoms with Crippen LogP contribution in [0.5, 0.6) is 0 Å². The first kappa shape index (κ1) is 20.2. The minimum atomic E-state index is -0.136. The Hall–Kier alpha value is -1.49. The molecule has 1 aromatic rings. The highest BCUT2D eigenvalue weighted by Crippen LogP contribution is 2.44. The largest absolute Gasteiger partial charge is 0.342 e. The maximum Gasteiger partial charge on any atom is 0.254 e. The van der Waals surface area contributed by atoms with Crippen molar-refractivity contribution in [2.45, 2.75) is 63.7 Å². The lowest BCUT2D eigenvalue weighted by Crippen LogP contribution is -2.53. The van der Waals surface area contributed by atoms with Gasteiger partial charge in [0.15, 0.2) is 0 Å². The molecule has 2 aliphatic heterocycles. The normalized spacial score (nSPS) is 19.6. The number of piperidine rings is 1. The molecule has 0 atom stereocenters. The van der Waals surface area contributed by atoms with E-state index in [1.165, 1.54) is 5.56 Å². The summed E-state index contributed by atoms with van der Waals surface area (Å²) in [7, 11) is 0. The molecule has 0 aromatic heterocycles. The van der Waals surface area contributed by atoms with Gasteiger partial charge in [0.25, 0.3) is 5.91 Å². The highest BCUT2D eigenvalue weighted by atomic mass is 32.2. The van der Waals surface area contributed by atoms with Crippen LogP contribution in [-0.4, -0.2) is 51.9 Å². The number of likely N-dealkylation sites (tertiary alicyclic amines) is 1. The van der Waals surface area contributed by atoms with E-state index in [0.29, 0.717) is 6.42 Å². The summed E-state index contributed by atoms with van der Waals surface area (Å²) < 4.78 is 0. The molecule has 0 radical (unpaired) electrons. The zero-order chi connectivity index (χ0) is 19.7. The number of thioether (sulfide) groups is 1. The van der Waals surface area contributed by atoms with E-state index in [2.05, 4.69) is 37.8 Å². The molecule has 27 heavy (non-hydrogen) atoms. The van der Waals surface area contributed by atoms with E-state index in [9.17, 15) is 9.59 Å². The summed E-state index contributed by atoms with van der Waals surface area (Å²) in [5.41, 5.74) is 2.10. The number of hydrogen-bond acceptors (Lipinski definition) is 3. The van der Waals surface area contributed by atoms with Crippen LogP contribution in [0.25, 0.3) is 0 Å². The van der Waals surface area contributed by atoms with Crippen molar-refractivity contribution >= 4 is 23.6 Å². The zero-order valence-electron chi connectivity index (χ0n) is 17.1. The van der Waals surface area contributed by atoms with Crippen LogP contribution in [0.3, 0.4) is 0 Å². The van der Waals surface area contributed by atoms with Gasteiger partial charge in [-0.2, -0.15) is 0 Å². The maximum absolute atomic E-state index is 13.2. The van der Waals surface area contributed by atoms with E-state index in [4.69, 9.17) is 0 Å². The smallest absolute Gasteiger partial charge is 0.254 e. The molecule has 148 valence electrons. The average molecular weight is 389 g/mol. The minimum absolute atomic E-state index is 0.0875. The topological polar surface area (TPSA) is 40.6 Å². The molecule has 0 aliphatic carbocycles. The molecular formula is C22H32N2O2S.